The number of carbonyl (C=O) groups is 2. The molecule has 3 amide bonds. The van der Waals surface area contributed by atoms with E-state index in [2.05, 4.69) is 16.8 Å². The number of rotatable bonds is 4. The standard InChI is InChI=1S/C17H19N3O2S/c18-17(22)19-11-12-5-7-13(8-6-12)16(21)20-9-1-3-14(20)15-4-2-10-23-15/h2,4-8,10,14H,1,3,9,11H2,(H3,18,19,22)/t14-/m1/s1. The Balaban J connectivity index is 1.71. The van der Waals surface area contributed by atoms with Crippen molar-refractivity contribution in [3.63, 3.8) is 0 Å². The van der Waals surface area contributed by atoms with Crippen LogP contribution in [0.4, 0.5) is 4.79 Å². The molecule has 6 heteroatoms. The van der Waals surface area contributed by atoms with E-state index in [4.69, 9.17) is 5.73 Å². The van der Waals surface area contributed by atoms with E-state index < -0.39 is 6.03 Å². The zero-order valence-corrected chi connectivity index (χ0v) is 13.5. The van der Waals surface area contributed by atoms with Gasteiger partial charge in [-0.3, -0.25) is 4.79 Å². The summed E-state index contributed by atoms with van der Waals surface area (Å²) in [6, 6.07) is 11.1. The van der Waals surface area contributed by atoms with Crippen molar-refractivity contribution in [2.75, 3.05) is 6.54 Å². The molecule has 3 rings (SSSR count). The Morgan fingerprint density at radius 3 is 2.70 bits per heavy atom. The molecule has 0 unspecified atom stereocenters. The number of hydrogen-bond donors (Lipinski definition) is 2. The molecule has 23 heavy (non-hydrogen) atoms. The highest BCUT2D eigenvalue weighted by Gasteiger charge is 2.31. The van der Waals surface area contributed by atoms with Crippen LogP contribution < -0.4 is 11.1 Å². The summed E-state index contributed by atoms with van der Waals surface area (Å²) in [6.45, 7) is 1.16. The van der Waals surface area contributed by atoms with Crippen molar-refractivity contribution in [1.29, 1.82) is 0 Å². The highest BCUT2D eigenvalue weighted by Crippen LogP contribution is 2.35. The SMILES string of the molecule is NC(=O)NCc1ccc(C(=O)N2CCC[C@@H]2c2cccs2)cc1. The van der Waals surface area contributed by atoms with Gasteiger partial charge in [0, 0.05) is 23.5 Å². The lowest BCUT2D eigenvalue weighted by Gasteiger charge is -2.24. The van der Waals surface area contributed by atoms with Crippen LogP contribution in [0.2, 0.25) is 0 Å². The third-order valence-corrected chi connectivity index (χ3v) is 5.03. The van der Waals surface area contributed by atoms with Crippen molar-refractivity contribution in [3.8, 4) is 0 Å². The molecule has 1 fully saturated rings. The first-order chi connectivity index (χ1) is 11.1. The van der Waals surface area contributed by atoms with E-state index in [0.29, 0.717) is 12.1 Å². The minimum absolute atomic E-state index is 0.0651. The molecule has 2 aromatic rings. The molecule has 2 heterocycles. The maximum Gasteiger partial charge on any atom is 0.312 e. The molecule has 0 saturated carbocycles. The van der Waals surface area contributed by atoms with Gasteiger partial charge in [-0.2, -0.15) is 0 Å². The predicted octanol–water partition coefficient (Wildman–Crippen LogP) is 2.89. The average molecular weight is 329 g/mol. The van der Waals surface area contributed by atoms with Crippen LogP contribution in [0.5, 0.6) is 0 Å². The molecule has 1 atom stereocenters. The molecule has 120 valence electrons. The fraction of sp³-hybridized carbons (Fsp3) is 0.294. The fourth-order valence-corrected chi connectivity index (χ4v) is 3.78. The van der Waals surface area contributed by atoms with Gasteiger partial charge < -0.3 is 16.0 Å². The van der Waals surface area contributed by atoms with Crippen molar-refractivity contribution in [2.45, 2.75) is 25.4 Å². The van der Waals surface area contributed by atoms with Gasteiger partial charge in [0.1, 0.15) is 0 Å². The van der Waals surface area contributed by atoms with E-state index in [9.17, 15) is 9.59 Å². The number of nitrogens with zero attached hydrogens (tertiary/aromatic N) is 1. The zero-order chi connectivity index (χ0) is 16.2. The monoisotopic (exact) mass is 329 g/mol. The molecule has 3 N–H and O–H groups in total. The van der Waals surface area contributed by atoms with Crippen LogP contribution in [0.15, 0.2) is 41.8 Å². The molecule has 0 bridgehead atoms. The van der Waals surface area contributed by atoms with E-state index in [1.807, 2.05) is 35.2 Å². The van der Waals surface area contributed by atoms with Crippen LogP contribution >= 0.6 is 11.3 Å². The Bertz CT molecular complexity index is 682. The van der Waals surface area contributed by atoms with Crippen molar-refractivity contribution in [1.82, 2.24) is 10.2 Å². The number of hydrogen-bond acceptors (Lipinski definition) is 3. The summed E-state index contributed by atoms with van der Waals surface area (Å²) in [7, 11) is 0. The van der Waals surface area contributed by atoms with Gasteiger partial charge in [0.25, 0.3) is 5.91 Å². The van der Waals surface area contributed by atoms with Gasteiger partial charge in [-0.25, -0.2) is 4.79 Å². The quantitative estimate of drug-likeness (QED) is 0.905. The number of benzene rings is 1. The van der Waals surface area contributed by atoms with E-state index >= 15 is 0 Å². The average Bonchev–Trinajstić information content (AvgIpc) is 3.23. The van der Waals surface area contributed by atoms with E-state index in [0.717, 1.165) is 24.9 Å². The number of nitrogens with two attached hydrogens (primary N) is 1. The normalized spacial score (nSPS) is 17.2. The van der Waals surface area contributed by atoms with E-state index in [1.54, 1.807) is 11.3 Å². The van der Waals surface area contributed by atoms with Gasteiger partial charge in [-0.15, -0.1) is 11.3 Å². The second-order valence-corrected chi connectivity index (χ2v) is 6.57. The lowest BCUT2D eigenvalue weighted by atomic mass is 10.1. The predicted molar refractivity (Wildman–Crippen MR) is 90.2 cm³/mol. The summed E-state index contributed by atoms with van der Waals surface area (Å²) in [4.78, 5) is 26.7. The number of likely N-dealkylation sites (tertiary alicyclic amines) is 1. The zero-order valence-electron chi connectivity index (χ0n) is 12.7. The van der Waals surface area contributed by atoms with Gasteiger partial charge in [0.05, 0.1) is 6.04 Å². The van der Waals surface area contributed by atoms with Crippen molar-refractivity contribution >= 4 is 23.3 Å². The molecule has 1 aliphatic heterocycles. The third-order valence-electron chi connectivity index (χ3n) is 4.05. The Hall–Kier alpha value is -2.34. The highest BCUT2D eigenvalue weighted by molar-refractivity contribution is 7.10. The van der Waals surface area contributed by atoms with Crippen LogP contribution in [-0.4, -0.2) is 23.4 Å². The Kier molecular flexibility index (Phi) is 4.62. The highest BCUT2D eigenvalue weighted by atomic mass is 32.1. The molecule has 0 spiro atoms. The Morgan fingerprint density at radius 2 is 2.04 bits per heavy atom. The first kappa shape index (κ1) is 15.6. The van der Waals surface area contributed by atoms with Gasteiger partial charge in [0.15, 0.2) is 0 Å². The van der Waals surface area contributed by atoms with Crippen LogP contribution in [0.3, 0.4) is 0 Å². The maximum atomic E-state index is 12.8. The van der Waals surface area contributed by atoms with Crippen LogP contribution in [0.25, 0.3) is 0 Å². The fourth-order valence-electron chi connectivity index (χ4n) is 2.91. The lowest BCUT2D eigenvalue weighted by Crippen LogP contribution is -2.30. The van der Waals surface area contributed by atoms with E-state index in [-0.39, 0.29) is 11.9 Å². The molecular formula is C17H19N3O2S. The van der Waals surface area contributed by atoms with Gasteiger partial charge in [0.2, 0.25) is 0 Å². The van der Waals surface area contributed by atoms with Gasteiger partial charge >= 0.3 is 6.03 Å². The number of primary amides is 1. The van der Waals surface area contributed by atoms with Crippen molar-refractivity contribution < 1.29 is 9.59 Å². The van der Waals surface area contributed by atoms with Gasteiger partial charge in [-0.1, -0.05) is 18.2 Å². The second kappa shape index (κ2) is 6.83. The summed E-state index contributed by atoms with van der Waals surface area (Å²) in [5.41, 5.74) is 6.64. The minimum atomic E-state index is -0.555. The summed E-state index contributed by atoms with van der Waals surface area (Å²) >= 11 is 1.70. The summed E-state index contributed by atoms with van der Waals surface area (Å²) in [6.07, 6.45) is 2.06. The molecule has 1 aliphatic rings. The molecular weight excluding hydrogens is 310 g/mol. The van der Waals surface area contributed by atoms with Crippen LogP contribution in [0, 0.1) is 0 Å². The first-order valence-electron chi connectivity index (χ1n) is 7.62. The number of thiophene rings is 1. The van der Waals surface area contributed by atoms with Crippen molar-refractivity contribution in [2.24, 2.45) is 5.73 Å². The summed E-state index contributed by atoms with van der Waals surface area (Å²) < 4.78 is 0. The number of nitrogens with one attached hydrogen (secondary N) is 1. The molecule has 0 aliphatic carbocycles. The van der Waals surface area contributed by atoms with Crippen LogP contribution in [-0.2, 0) is 6.54 Å². The second-order valence-electron chi connectivity index (χ2n) is 5.59. The van der Waals surface area contributed by atoms with Gasteiger partial charge in [-0.05, 0) is 42.0 Å². The molecule has 1 saturated heterocycles. The lowest BCUT2D eigenvalue weighted by molar-refractivity contribution is 0.0738. The smallest absolute Gasteiger partial charge is 0.312 e. The minimum Gasteiger partial charge on any atom is -0.352 e. The molecule has 1 aromatic heterocycles. The molecule has 0 radical (unpaired) electrons. The Labute approximate surface area is 139 Å². The molecule has 5 nitrogen and oxygen atoms in total. The summed E-state index contributed by atoms with van der Waals surface area (Å²) in [5.74, 6) is 0.0651. The number of urea groups is 1. The first-order valence-corrected chi connectivity index (χ1v) is 8.50. The molecule has 1 aromatic carbocycles. The maximum absolute atomic E-state index is 12.8. The topological polar surface area (TPSA) is 75.4 Å². The number of amides is 3. The van der Waals surface area contributed by atoms with E-state index in [1.165, 1.54) is 4.88 Å². The Morgan fingerprint density at radius 1 is 1.26 bits per heavy atom. The third kappa shape index (κ3) is 3.53. The van der Waals surface area contributed by atoms with Crippen molar-refractivity contribution in [3.05, 3.63) is 57.8 Å². The summed E-state index contributed by atoms with van der Waals surface area (Å²) in [5, 5.41) is 4.59. The number of carbonyl (C=O) groups excluding carboxylic acids is 2. The largest absolute Gasteiger partial charge is 0.352 e. The van der Waals surface area contributed by atoms with Crippen LogP contribution in [0.1, 0.15) is 39.7 Å².